The molecular formula is C55H98O6. The maximum atomic E-state index is 12.8. The lowest BCUT2D eigenvalue weighted by Gasteiger charge is -2.18. The summed E-state index contributed by atoms with van der Waals surface area (Å²) < 4.78 is 16.8. The van der Waals surface area contributed by atoms with Crippen LogP contribution in [0.2, 0.25) is 0 Å². The van der Waals surface area contributed by atoms with Gasteiger partial charge in [-0.2, -0.15) is 0 Å². The van der Waals surface area contributed by atoms with E-state index in [4.69, 9.17) is 14.2 Å². The molecule has 61 heavy (non-hydrogen) atoms. The Morgan fingerprint density at radius 3 is 0.967 bits per heavy atom. The van der Waals surface area contributed by atoms with E-state index in [-0.39, 0.29) is 31.1 Å². The first-order chi connectivity index (χ1) is 30.0. The van der Waals surface area contributed by atoms with Crippen LogP contribution in [-0.4, -0.2) is 37.2 Å². The van der Waals surface area contributed by atoms with Crippen LogP contribution in [0, 0.1) is 0 Å². The zero-order valence-corrected chi connectivity index (χ0v) is 40.4. The highest BCUT2D eigenvalue weighted by molar-refractivity contribution is 5.71. The average Bonchev–Trinajstić information content (AvgIpc) is 3.26. The van der Waals surface area contributed by atoms with Crippen molar-refractivity contribution in [3.63, 3.8) is 0 Å². The summed E-state index contributed by atoms with van der Waals surface area (Å²) in [4.78, 5) is 37.9. The highest BCUT2D eigenvalue weighted by Gasteiger charge is 2.19. The van der Waals surface area contributed by atoms with E-state index in [1.54, 1.807) is 0 Å². The van der Waals surface area contributed by atoms with Gasteiger partial charge in [-0.15, -0.1) is 0 Å². The third-order valence-electron chi connectivity index (χ3n) is 11.3. The second-order valence-corrected chi connectivity index (χ2v) is 17.4. The standard InChI is InChI=1S/C55H98O6/c1-4-7-10-13-16-19-21-23-25-26-27-28-30-31-33-36-39-42-45-48-54(57)60-51-52(50-59-53(56)47-44-41-38-35-18-15-12-9-6-3)61-55(58)49-46-43-40-37-34-32-29-24-22-20-17-14-11-8-5-2/h16,19,23-25,27-29,52H,4-15,17-18,20-22,26,30-51H2,1-3H3/b19-16-,25-23-,28-27-,29-24-/t52-/m1/s1. The van der Waals surface area contributed by atoms with Crippen LogP contribution in [0.25, 0.3) is 0 Å². The Hall–Kier alpha value is -2.63. The van der Waals surface area contributed by atoms with Gasteiger partial charge >= 0.3 is 17.9 Å². The molecule has 0 aromatic rings. The van der Waals surface area contributed by atoms with Crippen molar-refractivity contribution in [1.29, 1.82) is 0 Å². The van der Waals surface area contributed by atoms with Gasteiger partial charge in [0.1, 0.15) is 13.2 Å². The van der Waals surface area contributed by atoms with Crippen LogP contribution in [0.15, 0.2) is 48.6 Å². The number of rotatable bonds is 47. The zero-order chi connectivity index (χ0) is 44.4. The smallest absolute Gasteiger partial charge is 0.306 e. The molecule has 6 nitrogen and oxygen atoms in total. The summed E-state index contributed by atoms with van der Waals surface area (Å²) in [5.74, 6) is -0.897. The molecule has 0 bridgehead atoms. The molecule has 6 heteroatoms. The van der Waals surface area contributed by atoms with Crippen molar-refractivity contribution in [2.75, 3.05) is 13.2 Å². The molecule has 0 unspecified atom stereocenters. The summed E-state index contributed by atoms with van der Waals surface area (Å²) in [7, 11) is 0. The van der Waals surface area contributed by atoms with E-state index in [2.05, 4.69) is 69.4 Å². The first-order valence-electron chi connectivity index (χ1n) is 26.1. The first kappa shape index (κ1) is 58.4. The fourth-order valence-electron chi connectivity index (χ4n) is 7.33. The Labute approximate surface area is 378 Å². The number of hydrogen-bond acceptors (Lipinski definition) is 6. The largest absolute Gasteiger partial charge is 0.462 e. The molecule has 0 aliphatic heterocycles. The molecule has 354 valence electrons. The second kappa shape index (κ2) is 50.0. The topological polar surface area (TPSA) is 78.9 Å². The van der Waals surface area contributed by atoms with Gasteiger partial charge in [0.2, 0.25) is 0 Å². The fraction of sp³-hybridized carbons (Fsp3) is 0.800. The molecular weight excluding hydrogens is 757 g/mol. The van der Waals surface area contributed by atoms with Gasteiger partial charge in [-0.25, -0.2) is 0 Å². The molecule has 0 N–H and O–H groups in total. The number of hydrogen-bond donors (Lipinski definition) is 0. The number of carbonyl (C=O) groups excluding carboxylic acids is 3. The molecule has 0 amide bonds. The fourth-order valence-corrected chi connectivity index (χ4v) is 7.33. The first-order valence-corrected chi connectivity index (χ1v) is 26.1. The SMILES string of the molecule is CCCCC/C=C\C/C=C\C/C=C\CCCCCCCCC(=O)OC[C@@H](COC(=O)CCCCCCCCCCC)OC(=O)CCCCCCC/C=C\CCCCCCCC. The van der Waals surface area contributed by atoms with Crippen molar-refractivity contribution in [3.8, 4) is 0 Å². The zero-order valence-electron chi connectivity index (χ0n) is 40.4. The molecule has 0 saturated heterocycles. The minimum atomic E-state index is -0.779. The third-order valence-corrected chi connectivity index (χ3v) is 11.3. The summed E-state index contributed by atoms with van der Waals surface area (Å²) >= 11 is 0. The lowest BCUT2D eigenvalue weighted by molar-refractivity contribution is -0.167. The molecule has 0 radical (unpaired) electrons. The van der Waals surface area contributed by atoms with Crippen LogP contribution in [0.1, 0.15) is 265 Å². The van der Waals surface area contributed by atoms with Gasteiger partial charge in [-0.3, -0.25) is 14.4 Å². The quantitative estimate of drug-likeness (QED) is 0.0263. The van der Waals surface area contributed by atoms with Crippen LogP contribution in [0.4, 0.5) is 0 Å². The molecule has 0 aromatic heterocycles. The molecule has 0 spiro atoms. The normalized spacial score (nSPS) is 12.4. The van der Waals surface area contributed by atoms with E-state index >= 15 is 0 Å². The van der Waals surface area contributed by atoms with E-state index in [1.165, 1.54) is 135 Å². The summed E-state index contributed by atoms with van der Waals surface area (Å²) in [5, 5.41) is 0. The van der Waals surface area contributed by atoms with Gasteiger partial charge in [0.25, 0.3) is 0 Å². The van der Waals surface area contributed by atoms with Gasteiger partial charge in [-0.1, -0.05) is 211 Å². The van der Waals surface area contributed by atoms with Crippen LogP contribution in [-0.2, 0) is 28.6 Å². The second-order valence-electron chi connectivity index (χ2n) is 17.4. The Morgan fingerprint density at radius 1 is 0.328 bits per heavy atom. The maximum Gasteiger partial charge on any atom is 0.306 e. The molecule has 0 aromatic carbocycles. The van der Waals surface area contributed by atoms with Gasteiger partial charge in [0.05, 0.1) is 0 Å². The Balaban J connectivity index is 4.34. The van der Waals surface area contributed by atoms with E-state index in [0.717, 1.165) is 89.9 Å². The predicted molar refractivity (Wildman–Crippen MR) is 261 cm³/mol. The van der Waals surface area contributed by atoms with Gasteiger partial charge in [-0.05, 0) is 83.5 Å². The van der Waals surface area contributed by atoms with E-state index in [9.17, 15) is 14.4 Å². The number of unbranched alkanes of at least 4 members (excludes halogenated alkanes) is 28. The van der Waals surface area contributed by atoms with E-state index < -0.39 is 6.10 Å². The molecule has 0 aliphatic rings. The summed E-state index contributed by atoms with van der Waals surface area (Å²) in [6, 6.07) is 0. The average molecular weight is 855 g/mol. The van der Waals surface area contributed by atoms with Gasteiger partial charge < -0.3 is 14.2 Å². The minimum absolute atomic E-state index is 0.0790. The Bertz CT molecular complexity index is 1070. The number of carbonyl (C=O) groups is 3. The number of allylic oxidation sites excluding steroid dienone is 8. The van der Waals surface area contributed by atoms with Crippen molar-refractivity contribution in [3.05, 3.63) is 48.6 Å². The van der Waals surface area contributed by atoms with Crippen LogP contribution in [0.5, 0.6) is 0 Å². The summed E-state index contributed by atoms with van der Waals surface area (Å²) in [5.41, 5.74) is 0. The third kappa shape index (κ3) is 48.3. The van der Waals surface area contributed by atoms with Crippen molar-refractivity contribution in [2.45, 2.75) is 271 Å². The minimum Gasteiger partial charge on any atom is -0.462 e. The molecule has 0 aliphatic carbocycles. The Morgan fingerprint density at radius 2 is 0.590 bits per heavy atom. The highest BCUT2D eigenvalue weighted by atomic mass is 16.6. The van der Waals surface area contributed by atoms with Crippen molar-refractivity contribution < 1.29 is 28.6 Å². The van der Waals surface area contributed by atoms with Crippen molar-refractivity contribution in [1.82, 2.24) is 0 Å². The molecule has 0 saturated carbocycles. The molecule has 1 atom stereocenters. The lowest BCUT2D eigenvalue weighted by Crippen LogP contribution is -2.30. The molecule has 0 fully saturated rings. The number of esters is 3. The summed E-state index contributed by atoms with van der Waals surface area (Å²) in [6.07, 6.45) is 59.5. The van der Waals surface area contributed by atoms with Crippen LogP contribution >= 0.6 is 0 Å². The predicted octanol–water partition coefficient (Wildman–Crippen LogP) is 17.1. The molecule has 0 heterocycles. The molecule has 0 rings (SSSR count). The Kier molecular flexibility index (Phi) is 47.9. The van der Waals surface area contributed by atoms with Gasteiger partial charge in [0.15, 0.2) is 6.10 Å². The van der Waals surface area contributed by atoms with Crippen LogP contribution < -0.4 is 0 Å². The summed E-state index contributed by atoms with van der Waals surface area (Å²) in [6.45, 7) is 6.58. The highest BCUT2D eigenvalue weighted by Crippen LogP contribution is 2.14. The van der Waals surface area contributed by atoms with Crippen LogP contribution in [0.3, 0.4) is 0 Å². The van der Waals surface area contributed by atoms with Gasteiger partial charge in [0, 0.05) is 19.3 Å². The van der Waals surface area contributed by atoms with Crippen molar-refractivity contribution >= 4 is 17.9 Å². The van der Waals surface area contributed by atoms with E-state index in [0.29, 0.717) is 19.3 Å². The monoisotopic (exact) mass is 855 g/mol. The van der Waals surface area contributed by atoms with Crippen molar-refractivity contribution in [2.24, 2.45) is 0 Å². The van der Waals surface area contributed by atoms with E-state index in [1.807, 2.05) is 0 Å². The lowest BCUT2D eigenvalue weighted by atomic mass is 10.1. The number of ether oxygens (including phenoxy) is 3. The maximum absolute atomic E-state index is 12.8.